The molecule has 2 nitrogen and oxygen atoms in total. The van der Waals surface area contributed by atoms with Gasteiger partial charge in [0.1, 0.15) is 0 Å². The Hall–Kier alpha value is -0.417. The fourth-order valence-corrected chi connectivity index (χ4v) is 15.1. The van der Waals surface area contributed by atoms with Crippen molar-refractivity contribution in [2.75, 3.05) is 12.3 Å². The first-order chi connectivity index (χ1) is 7.14. The van der Waals surface area contributed by atoms with E-state index < -0.39 is 12.3 Å². The van der Waals surface area contributed by atoms with Gasteiger partial charge in [-0.3, -0.25) is 0 Å². The summed E-state index contributed by atoms with van der Waals surface area (Å²) in [4.78, 5) is 11.6. The summed E-state index contributed by atoms with van der Waals surface area (Å²) in [5.41, 5.74) is 0. The quantitative estimate of drug-likeness (QED) is 0.728. The summed E-state index contributed by atoms with van der Waals surface area (Å²) in [6.45, 7) is 2.63. The van der Waals surface area contributed by atoms with Gasteiger partial charge in [-0.1, -0.05) is 0 Å². The van der Waals surface area contributed by atoms with E-state index in [4.69, 9.17) is 0 Å². The van der Waals surface area contributed by atoms with E-state index in [0.29, 0.717) is 0 Å². The molecule has 1 aromatic rings. The van der Waals surface area contributed by atoms with E-state index in [0.717, 1.165) is 12.3 Å². The normalized spacial score (nSPS) is 25.6. The zero-order valence-electron chi connectivity index (χ0n) is 9.06. The van der Waals surface area contributed by atoms with E-state index in [1.807, 2.05) is 16.2 Å². The van der Waals surface area contributed by atoms with Gasteiger partial charge in [0.25, 0.3) is 0 Å². The van der Waals surface area contributed by atoms with Gasteiger partial charge in [0.2, 0.25) is 0 Å². The molecular formula is C11H15GeNOS. The van der Waals surface area contributed by atoms with E-state index in [9.17, 15) is 4.79 Å². The van der Waals surface area contributed by atoms with Gasteiger partial charge in [-0.2, -0.15) is 0 Å². The number of hydrogen-bond donors (Lipinski definition) is 0. The van der Waals surface area contributed by atoms with Crippen LogP contribution in [0.1, 0.15) is 6.92 Å². The predicted molar refractivity (Wildman–Crippen MR) is 67.5 cm³/mol. The summed E-state index contributed by atoms with van der Waals surface area (Å²) < 4.78 is 3.54. The Balaban J connectivity index is 2.37. The minimum atomic E-state index is -2.31. The Labute approximate surface area is 96.6 Å². The van der Waals surface area contributed by atoms with Crippen molar-refractivity contribution >= 4 is 32.7 Å². The molecule has 0 saturated carbocycles. The van der Waals surface area contributed by atoms with Crippen molar-refractivity contribution < 1.29 is 4.79 Å². The first-order valence-electron chi connectivity index (χ1n) is 5.12. The van der Waals surface area contributed by atoms with Crippen molar-refractivity contribution in [1.82, 2.24) is 3.86 Å². The minimum absolute atomic E-state index is 0.242. The molecular weight excluding hydrogens is 267 g/mol. The van der Waals surface area contributed by atoms with Crippen LogP contribution in [0.3, 0.4) is 0 Å². The molecule has 1 heterocycles. The zero-order valence-corrected chi connectivity index (χ0v) is 12.0. The van der Waals surface area contributed by atoms with Gasteiger partial charge in [-0.05, 0) is 0 Å². The summed E-state index contributed by atoms with van der Waals surface area (Å²) in [5.74, 6) is 3.66. The molecule has 1 saturated heterocycles. The molecule has 1 amide bonds. The Morgan fingerprint density at radius 3 is 2.67 bits per heavy atom. The third-order valence-corrected chi connectivity index (χ3v) is 17.3. The first-order valence-corrected chi connectivity index (χ1v) is 12.8. The maximum absolute atomic E-state index is 11.6. The number of carbonyl (C=O) groups excluding carboxylic acids is 1. The number of carbonyl (C=O) groups is 1. The van der Waals surface area contributed by atoms with Crippen LogP contribution in [-0.4, -0.2) is 34.4 Å². The van der Waals surface area contributed by atoms with Crippen LogP contribution in [0.2, 0.25) is 5.76 Å². The number of nitrogens with zero attached hydrogens (tertiary/aromatic N) is 1. The Morgan fingerprint density at radius 2 is 2.07 bits per heavy atom. The predicted octanol–water partition coefficient (Wildman–Crippen LogP) is 1.56. The van der Waals surface area contributed by atoms with E-state index in [-0.39, 0.29) is 5.91 Å². The number of hydrogen-bond acceptors (Lipinski definition) is 2. The van der Waals surface area contributed by atoms with Gasteiger partial charge < -0.3 is 0 Å². The second kappa shape index (κ2) is 4.22. The molecule has 0 aromatic heterocycles. The van der Waals surface area contributed by atoms with Gasteiger partial charge in [0, 0.05) is 0 Å². The molecule has 4 heteroatoms. The van der Waals surface area contributed by atoms with Crippen LogP contribution < -0.4 is 4.40 Å². The molecule has 0 radical (unpaired) electrons. The van der Waals surface area contributed by atoms with Crippen LogP contribution in [-0.2, 0) is 4.79 Å². The number of amides is 1. The maximum atomic E-state index is 11.6. The zero-order chi connectivity index (χ0) is 10.9. The van der Waals surface area contributed by atoms with Gasteiger partial charge in [-0.25, -0.2) is 0 Å². The van der Waals surface area contributed by atoms with Crippen LogP contribution in [0.15, 0.2) is 30.3 Å². The topological polar surface area (TPSA) is 20.3 Å². The molecule has 80 valence electrons. The average Bonchev–Trinajstić information content (AvgIpc) is 2.63. The first kappa shape index (κ1) is 11.1. The van der Waals surface area contributed by atoms with Gasteiger partial charge in [-0.15, -0.1) is 0 Å². The van der Waals surface area contributed by atoms with Crippen LogP contribution >= 0.6 is 10.1 Å². The molecule has 1 unspecified atom stereocenters. The van der Waals surface area contributed by atoms with Crippen LogP contribution in [0.4, 0.5) is 0 Å². The van der Waals surface area contributed by atoms with E-state index in [1.54, 1.807) is 6.92 Å². The average molecular weight is 282 g/mol. The molecule has 0 aliphatic carbocycles. The standard InChI is InChI=1S/C11H15GeNOS/c1-10(14)13-8-9-15-12(13,2)11-6-4-3-5-7-11/h3-7H,8-9H2,1-2H3. The Morgan fingerprint density at radius 1 is 1.40 bits per heavy atom. The fraction of sp³-hybridized carbons (Fsp3) is 0.364. The van der Waals surface area contributed by atoms with Crippen molar-refractivity contribution in [2.45, 2.75) is 12.7 Å². The molecule has 1 aliphatic rings. The van der Waals surface area contributed by atoms with Crippen molar-refractivity contribution in [3.8, 4) is 0 Å². The fourth-order valence-electron chi connectivity index (χ4n) is 2.07. The van der Waals surface area contributed by atoms with Gasteiger partial charge in [0.15, 0.2) is 0 Å². The van der Waals surface area contributed by atoms with Crippen LogP contribution in [0.5, 0.6) is 0 Å². The Bertz CT molecular complexity index is 370. The molecule has 1 fully saturated rings. The van der Waals surface area contributed by atoms with Crippen molar-refractivity contribution in [3.05, 3.63) is 30.3 Å². The molecule has 0 bridgehead atoms. The van der Waals surface area contributed by atoms with E-state index in [2.05, 4.69) is 33.9 Å². The molecule has 0 spiro atoms. The summed E-state index contributed by atoms with van der Waals surface area (Å²) >= 11 is -2.31. The molecule has 15 heavy (non-hydrogen) atoms. The van der Waals surface area contributed by atoms with Crippen molar-refractivity contribution in [3.63, 3.8) is 0 Å². The third-order valence-electron chi connectivity index (χ3n) is 2.90. The number of benzene rings is 1. The Kier molecular flexibility index (Phi) is 3.11. The second-order valence-electron chi connectivity index (χ2n) is 3.87. The molecule has 1 aliphatic heterocycles. The van der Waals surface area contributed by atoms with Crippen LogP contribution in [0, 0.1) is 0 Å². The third kappa shape index (κ3) is 1.95. The second-order valence-corrected chi connectivity index (χ2v) is 17.0. The van der Waals surface area contributed by atoms with Crippen molar-refractivity contribution in [2.24, 2.45) is 0 Å². The van der Waals surface area contributed by atoms with Crippen LogP contribution in [0.25, 0.3) is 0 Å². The van der Waals surface area contributed by atoms with Gasteiger partial charge in [0.05, 0.1) is 0 Å². The van der Waals surface area contributed by atoms with E-state index in [1.165, 1.54) is 4.40 Å². The monoisotopic (exact) mass is 283 g/mol. The number of rotatable bonds is 1. The summed E-state index contributed by atoms with van der Waals surface area (Å²) in [6.07, 6.45) is 0. The molecule has 2 rings (SSSR count). The summed E-state index contributed by atoms with van der Waals surface area (Å²) in [5, 5.41) is 0. The summed E-state index contributed by atoms with van der Waals surface area (Å²) in [6, 6.07) is 10.5. The molecule has 0 N–H and O–H groups in total. The molecule has 1 aromatic carbocycles. The van der Waals surface area contributed by atoms with E-state index >= 15 is 0 Å². The van der Waals surface area contributed by atoms with Crippen molar-refractivity contribution in [1.29, 1.82) is 0 Å². The molecule has 1 atom stereocenters. The van der Waals surface area contributed by atoms with Gasteiger partial charge >= 0.3 is 96.7 Å². The SMILES string of the molecule is CC(=O)[N]1CC[S][Ge]1([CH3])[c]1ccccc1. The summed E-state index contributed by atoms with van der Waals surface area (Å²) in [7, 11) is 2.03.